The predicted octanol–water partition coefficient (Wildman–Crippen LogP) is 5.70. The second kappa shape index (κ2) is 13.3. The van der Waals surface area contributed by atoms with E-state index in [9.17, 15) is 27.9 Å². The summed E-state index contributed by atoms with van der Waals surface area (Å²) in [4.78, 5) is 30.0. The van der Waals surface area contributed by atoms with Crippen molar-refractivity contribution < 1.29 is 32.6 Å². The second-order valence-electron chi connectivity index (χ2n) is 10.6. The van der Waals surface area contributed by atoms with Gasteiger partial charge in [-0.2, -0.15) is 13.2 Å². The first-order chi connectivity index (χ1) is 20.0. The van der Waals surface area contributed by atoms with Crippen molar-refractivity contribution in [2.75, 3.05) is 37.4 Å². The summed E-state index contributed by atoms with van der Waals surface area (Å²) >= 11 is 0. The Morgan fingerprint density at radius 1 is 1.07 bits per heavy atom. The third kappa shape index (κ3) is 7.59. The van der Waals surface area contributed by atoms with E-state index in [4.69, 9.17) is 4.74 Å². The summed E-state index contributed by atoms with van der Waals surface area (Å²) in [6.07, 6.45) is -4.87. The van der Waals surface area contributed by atoms with Gasteiger partial charge in [0.2, 0.25) is 0 Å². The Morgan fingerprint density at radius 2 is 1.76 bits per heavy atom. The zero-order valence-electron chi connectivity index (χ0n) is 23.7. The molecule has 0 fully saturated rings. The maximum atomic E-state index is 13.6. The Kier molecular flexibility index (Phi) is 9.74. The van der Waals surface area contributed by atoms with Crippen LogP contribution in [0.25, 0.3) is 0 Å². The van der Waals surface area contributed by atoms with Crippen LogP contribution < -0.4 is 15.4 Å². The van der Waals surface area contributed by atoms with Gasteiger partial charge < -0.3 is 25.4 Å². The first-order valence-electron chi connectivity index (χ1n) is 13.7. The number of carbonyl (C=O) groups is 2. The molecule has 3 atom stereocenters. The number of rotatable bonds is 8. The van der Waals surface area contributed by atoms with Crippen LogP contribution in [0.1, 0.15) is 35.3 Å². The van der Waals surface area contributed by atoms with Gasteiger partial charge in [0.1, 0.15) is 6.10 Å². The number of urea groups is 1. The molecule has 1 aliphatic rings. The molecule has 0 spiro atoms. The van der Waals surface area contributed by atoms with E-state index in [1.54, 1.807) is 54.3 Å². The lowest BCUT2D eigenvalue weighted by molar-refractivity contribution is -0.137. The van der Waals surface area contributed by atoms with Crippen LogP contribution in [0.5, 0.6) is 5.75 Å². The predicted molar refractivity (Wildman–Crippen MR) is 154 cm³/mol. The zero-order valence-corrected chi connectivity index (χ0v) is 23.7. The van der Waals surface area contributed by atoms with Gasteiger partial charge in [0.15, 0.2) is 5.75 Å². The van der Waals surface area contributed by atoms with Gasteiger partial charge in [0.25, 0.3) is 5.91 Å². The maximum Gasteiger partial charge on any atom is 0.416 e. The Hall–Kier alpha value is -4.09. The van der Waals surface area contributed by atoms with Crippen molar-refractivity contribution in [1.29, 1.82) is 0 Å². The Labute approximate surface area is 243 Å². The number of hydrogen-bond acceptors (Lipinski definition) is 5. The highest BCUT2D eigenvalue weighted by molar-refractivity contribution is 6.04. The van der Waals surface area contributed by atoms with Crippen molar-refractivity contribution in [3.63, 3.8) is 0 Å². The number of fused-ring (bicyclic) bond motifs is 1. The molecule has 4 rings (SSSR count). The number of aliphatic hydroxyl groups is 1. The molecule has 0 saturated carbocycles. The summed E-state index contributed by atoms with van der Waals surface area (Å²) in [6.45, 7) is 4.52. The minimum atomic E-state index is -4.40. The van der Waals surface area contributed by atoms with E-state index in [0.717, 1.165) is 12.1 Å². The third-order valence-electron chi connectivity index (χ3n) is 7.20. The average molecular weight is 585 g/mol. The Balaban J connectivity index is 1.60. The monoisotopic (exact) mass is 584 g/mol. The third-order valence-corrected chi connectivity index (χ3v) is 7.20. The van der Waals surface area contributed by atoms with Crippen LogP contribution in [0, 0.1) is 5.92 Å². The van der Waals surface area contributed by atoms with E-state index in [1.807, 2.05) is 24.9 Å². The molecule has 1 heterocycles. The van der Waals surface area contributed by atoms with Gasteiger partial charge >= 0.3 is 12.2 Å². The summed E-state index contributed by atoms with van der Waals surface area (Å²) in [7, 11) is 1.84. The number of anilines is 2. The molecule has 1 aliphatic heterocycles. The highest BCUT2D eigenvalue weighted by Gasteiger charge is 2.35. The fourth-order valence-electron chi connectivity index (χ4n) is 4.85. The first kappa shape index (κ1) is 30.9. The minimum absolute atomic E-state index is 0.197. The molecular weight excluding hydrogens is 549 g/mol. The van der Waals surface area contributed by atoms with Gasteiger partial charge in [-0.15, -0.1) is 0 Å². The number of ether oxygens (including phenoxy) is 1. The molecule has 42 heavy (non-hydrogen) atoms. The number of para-hydroxylation sites is 2. The van der Waals surface area contributed by atoms with Crippen LogP contribution in [0.15, 0.2) is 72.8 Å². The van der Waals surface area contributed by atoms with Crippen LogP contribution >= 0.6 is 0 Å². The highest BCUT2D eigenvalue weighted by atomic mass is 19.4. The molecule has 3 N–H and O–H groups in total. The van der Waals surface area contributed by atoms with E-state index in [0.29, 0.717) is 36.6 Å². The summed E-state index contributed by atoms with van der Waals surface area (Å²) in [5.41, 5.74) is 1.13. The van der Waals surface area contributed by atoms with Crippen LogP contribution in [0.3, 0.4) is 0 Å². The molecule has 0 radical (unpaired) electrons. The molecule has 3 aromatic rings. The molecule has 3 aromatic carbocycles. The molecule has 0 unspecified atom stereocenters. The number of aliphatic hydroxyl groups excluding tert-OH is 1. The standard InChI is InChI=1S/C31H35F3N4O4/c1-20-16-38(21(2)19-39)29(40)25-10-7-11-26(36-30(41)35-24-8-5-4-6-9-24)28(25)42-27(20)18-37(3)17-22-12-14-23(15-13-22)31(32,33)34/h4-15,20-21,27,39H,16-19H2,1-3H3,(H2,35,36,41)/t20-,21+,27-/m1/s1. The Morgan fingerprint density at radius 3 is 2.40 bits per heavy atom. The number of amides is 3. The van der Waals surface area contributed by atoms with Crippen molar-refractivity contribution in [3.8, 4) is 5.75 Å². The van der Waals surface area contributed by atoms with Crippen molar-refractivity contribution in [3.05, 3.63) is 89.5 Å². The molecule has 8 nitrogen and oxygen atoms in total. The van der Waals surface area contributed by atoms with E-state index in [2.05, 4.69) is 10.6 Å². The van der Waals surface area contributed by atoms with Gasteiger partial charge in [0, 0.05) is 31.2 Å². The largest absolute Gasteiger partial charge is 0.486 e. The smallest absolute Gasteiger partial charge is 0.416 e. The quantitative estimate of drug-likeness (QED) is 0.316. The topological polar surface area (TPSA) is 94.1 Å². The number of nitrogens with zero attached hydrogens (tertiary/aromatic N) is 2. The minimum Gasteiger partial charge on any atom is -0.486 e. The van der Waals surface area contributed by atoms with E-state index in [-0.39, 0.29) is 29.7 Å². The number of alkyl halides is 3. The maximum absolute atomic E-state index is 13.6. The summed E-state index contributed by atoms with van der Waals surface area (Å²) in [6, 6.07) is 17.9. The summed E-state index contributed by atoms with van der Waals surface area (Å²) in [5.74, 6) is -0.320. The summed E-state index contributed by atoms with van der Waals surface area (Å²) < 4.78 is 45.5. The molecule has 11 heteroatoms. The number of likely N-dealkylation sites (N-methyl/N-ethyl adjacent to an activating group) is 1. The van der Waals surface area contributed by atoms with Crippen LogP contribution in [0.2, 0.25) is 0 Å². The molecule has 0 aromatic heterocycles. The lowest BCUT2D eigenvalue weighted by atomic mass is 9.98. The van der Waals surface area contributed by atoms with E-state index >= 15 is 0 Å². The van der Waals surface area contributed by atoms with Gasteiger partial charge in [-0.25, -0.2) is 4.79 Å². The highest BCUT2D eigenvalue weighted by Crippen LogP contribution is 2.35. The molecule has 0 saturated heterocycles. The van der Waals surface area contributed by atoms with Crippen LogP contribution in [0.4, 0.5) is 29.3 Å². The second-order valence-corrected chi connectivity index (χ2v) is 10.6. The van der Waals surface area contributed by atoms with E-state index < -0.39 is 29.9 Å². The first-order valence-corrected chi connectivity index (χ1v) is 13.7. The molecule has 0 bridgehead atoms. The molecule has 224 valence electrons. The fraction of sp³-hybridized carbons (Fsp3) is 0.355. The normalized spacial score (nSPS) is 18.0. The van der Waals surface area contributed by atoms with Crippen molar-refractivity contribution >= 4 is 23.3 Å². The lowest BCUT2D eigenvalue weighted by Gasteiger charge is -2.38. The number of hydrogen-bond donors (Lipinski definition) is 3. The number of nitrogens with one attached hydrogen (secondary N) is 2. The zero-order chi connectivity index (χ0) is 30.4. The van der Waals surface area contributed by atoms with Crippen LogP contribution in [-0.4, -0.2) is 65.7 Å². The lowest BCUT2D eigenvalue weighted by Crippen LogP contribution is -2.49. The molecule has 0 aliphatic carbocycles. The van der Waals surface area contributed by atoms with Gasteiger partial charge in [-0.1, -0.05) is 43.3 Å². The van der Waals surface area contributed by atoms with Gasteiger partial charge in [-0.3, -0.25) is 9.69 Å². The Bertz CT molecular complexity index is 1370. The molecule has 3 amide bonds. The SMILES string of the molecule is C[C@@H]1CN([C@@H](C)CO)C(=O)c2cccc(NC(=O)Nc3ccccc3)c2O[C@@H]1CN(C)Cc1ccc(C(F)(F)F)cc1. The molecular formula is C31H35F3N4O4. The van der Waals surface area contributed by atoms with E-state index in [1.165, 1.54) is 12.1 Å². The van der Waals surface area contributed by atoms with Gasteiger partial charge in [-0.05, 0) is 55.9 Å². The van der Waals surface area contributed by atoms with Crippen molar-refractivity contribution in [2.45, 2.75) is 38.7 Å². The summed E-state index contributed by atoms with van der Waals surface area (Å²) in [5, 5.41) is 15.4. The van der Waals surface area contributed by atoms with Gasteiger partial charge in [0.05, 0.1) is 29.5 Å². The average Bonchev–Trinajstić information content (AvgIpc) is 2.95. The number of halogens is 3. The number of benzene rings is 3. The van der Waals surface area contributed by atoms with Crippen molar-refractivity contribution in [2.24, 2.45) is 5.92 Å². The van der Waals surface area contributed by atoms with Crippen molar-refractivity contribution in [1.82, 2.24) is 9.80 Å². The number of carbonyl (C=O) groups excluding carboxylic acids is 2. The van der Waals surface area contributed by atoms with Crippen LogP contribution in [-0.2, 0) is 12.7 Å². The fourth-order valence-corrected chi connectivity index (χ4v) is 4.85.